The molecule has 0 bridgehead atoms. The second-order valence-corrected chi connectivity index (χ2v) is 11.2. The first-order valence-corrected chi connectivity index (χ1v) is 13.3. The van der Waals surface area contributed by atoms with Crippen LogP contribution in [0.2, 0.25) is 0 Å². The highest BCUT2D eigenvalue weighted by Crippen LogP contribution is 2.32. The van der Waals surface area contributed by atoms with Crippen molar-refractivity contribution >= 4 is 5.91 Å². The summed E-state index contributed by atoms with van der Waals surface area (Å²) >= 11 is 0. The molecule has 1 spiro atoms. The first-order chi connectivity index (χ1) is 17.8. The lowest BCUT2D eigenvalue weighted by molar-refractivity contribution is -0.181. The van der Waals surface area contributed by atoms with E-state index in [9.17, 15) is 4.79 Å². The lowest BCUT2D eigenvalue weighted by Crippen LogP contribution is -2.47. The molecule has 0 saturated carbocycles. The minimum Gasteiger partial charge on any atom is -0.455 e. The largest absolute Gasteiger partial charge is 0.455 e. The third-order valence-electron chi connectivity index (χ3n) is 7.35. The smallest absolute Gasteiger partial charge is 0.289 e. The van der Waals surface area contributed by atoms with Gasteiger partial charge in [0, 0.05) is 39.0 Å². The van der Waals surface area contributed by atoms with Crippen molar-refractivity contribution in [3.63, 3.8) is 0 Å². The molecule has 3 heterocycles. The van der Waals surface area contributed by atoms with Gasteiger partial charge in [0.2, 0.25) is 0 Å². The Bertz CT molecular complexity index is 1160. The van der Waals surface area contributed by atoms with Gasteiger partial charge in [-0.05, 0) is 34.2 Å². The maximum absolute atomic E-state index is 13.1. The van der Waals surface area contributed by atoms with Gasteiger partial charge in [-0.3, -0.25) is 9.69 Å². The molecule has 1 aromatic heterocycles. The van der Waals surface area contributed by atoms with E-state index in [1.54, 1.807) is 0 Å². The van der Waals surface area contributed by atoms with Gasteiger partial charge in [0.25, 0.3) is 5.91 Å². The van der Waals surface area contributed by atoms with Crippen LogP contribution >= 0.6 is 0 Å². The van der Waals surface area contributed by atoms with Crippen LogP contribution in [0.3, 0.4) is 0 Å². The van der Waals surface area contributed by atoms with Crippen molar-refractivity contribution in [2.75, 3.05) is 26.3 Å². The lowest BCUT2D eigenvalue weighted by Gasteiger charge is -2.37. The second-order valence-electron chi connectivity index (χ2n) is 11.2. The number of furan rings is 1. The van der Waals surface area contributed by atoms with Crippen LogP contribution < -0.4 is 0 Å². The summed E-state index contributed by atoms with van der Waals surface area (Å²) < 4.78 is 17.7. The molecular formula is C31H38N2O4. The van der Waals surface area contributed by atoms with E-state index in [-0.39, 0.29) is 11.3 Å². The molecule has 0 N–H and O–H groups in total. The SMILES string of the molecule is CC(C)(C)c1ccc(CN(Cc2ccccc2)Cc2ccc(C(=O)N3CCC4(CC3)OCCO4)o2)cc1. The van der Waals surface area contributed by atoms with Gasteiger partial charge in [0.15, 0.2) is 11.5 Å². The Hall–Kier alpha value is -2.93. The Morgan fingerprint density at radius 1 is 0.838 bits per heavy atom. The molecule has 196 valence electrons. The summed E-state index contributed by atoms with van der Waals surface area (Å²) in [5, 5.41) is 0. The standard InChI is InChI=1S/C31H38N2O4/c1-30(2,3)26-11-9-25(10-12-26)22-32(21-24-7-5-4-6-8-24)23-27-13-14-28(37-27)29(34)33-17-15-31(16-18-33)35-19-20-36-31/h4-14H,15-23H2,1-3H3. The molecule has 0 radical (unpaired) electrons. The Balaban J connectivity index is 1.26. The van der Waals surface area contributed by atoms with Crippen molar-refractivity contribution < 1.29 is 18.7 Å². The zero-order chi connectivity index (χ0) is 25.9. The quantitative estimate of drug-likeness (QED) is 0.411. The molecule has 2 saturated heterocycles. The molecule has 2 aliphatic rings. The normalized spacial score (nSPS) is 17.6. The zero-order valence-electron chi connectivity index (χ0n) is 22.2. The minimum atomic E-state index is -0.492. The van der Waals surface area contributed by atoms with E-state index in [1.165, 1.54) is 16.7 Å². The van der Waals surface area contributed by atoms with Crippen LogP contribution in [0.5, 0.6) is 0 Å². The van der Waals surface area contributed by atoms with Crippen LogP contribution in [0.1, 0.15) is 66.6 Å². The predicted molar refractivity (Wildman–Crippen MR) is 143 cm³/mol. The minimum absolute atomic E-state index is 0.0634. The maximum Gasteiger partial charge on any atom is 0.289 e. The van der Waals surface area contributed by atoms with Crippen molar-refractivity contribution in [2.24, 2.45) is 0 Å². The number of piperidine rings is 1. The fraction of sp³-hybridized carbons (Fsp3) is 0.452. The van der Waals surface area contributed by atoms with Crippen LogP contribution in [0.4, 0.5) is 0 Å². The number of hydrogen-bond acceptors (Lipinski definition) is 5. The molecule has 37 heavy (non-hydrogen) atoms. The Labute approximate surface area is 220 Å². The fourth-order valence-electron chi connectivity index (χ4n) is 5.17. The van der Waals surface area contributed by atoms with Crippen molar-refractivity contribution in [3.8, 4) is 0 Å². The first-order valence-electron chi connectivity index (χ1n) is 13.3. The number of rotatable bonds is 7. The van der Waals surface area contributed by atoms with Gasteiger partial charge in [-0.25, -0.2) is 0 Å². The summed E-state index contributed by atoms with van der Waals surface area (Å²) in [7, 11) is 0. The molecule has 0 atom stereocenters. The van der Waals surface area contributed by atoms with Crippen molar-refractivity contribution in [2.45, 2.75) is 64.4 Å². The van der Waals surface area contributed by atoms with Crippen LogP contribution in [0, 0.1) is 0 Å². The third kappa shape index (κ3) is 6.32. The zero-order valence-corrected chi connectivity index (χ0v) is 22.2. The molecule has 3 aromatic rings. The average molecular weight is 503 g/mol. The molecule has 5 rings (SSSR count). The Morgan fingerprint density at radius 2 is 1.46 bits per heavy atom. The van der Waals surface area contributed by atoms with Gasteiger partial charge in [0.05, 0.1) is 19.8 Å². The van der Waals surface area contributed by atoms with E-state index < -0.39 is 5.79 Å². The summed E-state index contributed by atoms with van der Waals surface area (Å²) in [5.41, 5.74) is 3.96. The van der Waals surface area contributed by atoms with Crippen molar-refractivity contribution in [3.05, 3.63) is 94.9 Å². The van der Waals surface area contributed by atoms with E-state index in [4.69, 9.17) is 13.9 Å². The fourth-order valence-corrected chi connectivity index (χ4v) is 5.17. The highest BCUT2D eigenvalue weighted by atomic mass is 16.7. The summed E-state index contributed by atoms with van der Waals surface area (Å²) in [4.78, 5) is 17.3. The molecule has 6 nitrogen and oxygen atoms in total. The second kappa shape index (κ2) is 10.8. The number of hydrogen-bond donors (Lipinski definition) is 0. The van der Waals surface area contributed by atoms with E-state index in [1.807, 2.05) is 23.1 Å². The topological polar surface area (TPSA) is 55.2 Å². The van der Waals surface area contributed by atoms with Gasteiger partial charge in [0.1, 0.15) is 5.76 Å². The van der Waals surface area contributed by atoms with E-state index in [0.717, 1.165) is 18.8 Å². The lowest BCUT2D eigenvalue weighted by atomic mass is 9.87. The monoisotopic (exact) mass is 502 g/mol. The summed E-state index contributed by atoms with van der Waals surface area (Å²) in [6.45, 7) is 11.4. The molecule has 6 heteroatoms. The van der Waals surface area contributed by atoms with Gasteiger partial charge in [-0.1, -0.05) is 75.4 Å². The Morgan fingerprint density at radius 3 is 2.08 bits per heavy atom. The van der Waals surface area contributed by atoms with Gasteiger partial charge in [-0.15, -0.1) is 0 Å². The van der Waals surface area contributed by atoms with Gasteiger partial charge >= 0.3 is 0 Å². The highest BCUT2D eigenvalue weighted by molar-refractivity contribution is 5.91. The number of ether oxygens (including phenoxy) is 2. The maximum atomic E-state index is 13.1. The number of carbonyl (C=O) groups is 1. The first kappa shape index (κ1) is 25.7. The molecular weight excluding hydrogens is 464 g/mol. The number of carbonyl (C=O) groups excluding carboxylic acids is 1. The summed E-state index contributed by atoms with van der Waals surface area (Å²) in [5.74, 6) is 0.634. The molecule has 2 fully saturated rings. The highest BCUT2D eigenvalue weighted by Gasteiger charge is 2.41. The van der Waals surface area contributed by atoms with E-state index in [0.29, 0.717) is 51.4 Å². The average Bonchev–Trinajstić information content (AvgIpc) is 3.54. The number of benzene rings is 2. The molecule has 2 aliphatic heterocycles. The number of nitrogens with zero attached hydrogens (tertiary/aromatic N) is 2. The molecule has 2 aromatic carbocycles. The van der Waals surface area contributed by atoms with Crippen LogP contribution in [-0.4, -0.2) is 47.8 Å². The number of likely N-dealkylation sites (tertiary alicyclic amines) is 1. The van der Waals surface area contributed by atoms with Crippen molar-refractivity contribution in [1.82, 2.24) is 9.80 Å². The van der Waals surface area contributed by atoms with E-state index >= 15 is 0 Å². The molecule has 0 unspecified atom stereocenters. The Kier molecular flexibility index (Phi) is 7.52. The summed E-state index contributed by atoms with van der Waals surface area (Å²) in [6.07, 6.45) is 1.40. The number of amides is 1. The van der Waals surface area contributed by atoms with Crippen LogP contribution in [0.25, 0.3) is 0 Å². The van der Waals surface area contributed by atoms with E-state index in [2.05, 4.69) is 74.2 Å². The third-order valence-corrected chi connectivity index (χ3v) is 7.35. The van der Waals surface area contributed by atoms with Gasteiger partial charge < -0.3 is 18.8 Å². The van der Waals surface area contributed by atoms with Crippen LogP contribution in [-0.2, 0) is 34.5 Å². The summed E-state index contributed by atoms with van der Waals surface area (Å²) in [6, 6.07) is 23.1. The molecule has 0 aliphatic carbocycles. The van der Waals surface area contributed by atoms with Gasteiger partial charge in [-0.2, -0.15) is 0 Å². The molecule has 1 amide bonds. The van der Waals surface area contributed by atoms with Crippen molar-refractivity contribution in [1.29, 1.82) is 0 Å². The van der Waals surface area contributed by atoms with Crippen LogP contribution in [0.15, 0.2) is 71.1 Å². The predicted octanol–water partition coefficient (Wildman–Crippen LogP) is 5.76.